The number of nitrogens with one attached hydrogen (secondary N) is 1. The molecule has 0 aliphatic heterocycles. The predicted octanol–water partition coefficient (Wildman–Crippen LogP) is 5.52. The first-order valence-electron chi connectivity index (χ1n) is 9.87. The van der Waals surface area contributed by atoms with Crippen LogP contribution < -0.4 is 5.32 Å². The van der Waals surface area contributed by atoms with Crippen LogP contribution in [0.15, 0.2) is 95.4 Å². The number of benzene rings is 3. The molecule has 0 unspecified atom stereocenters. The second kappa shape index (κ2) is 8.80. The minimum absolute atomic E-state index is 0.0832. The minimum atomic E-state index is -0.399. The Hall–Kier alpha value is -3.63. The van der Waals surface area contributed by atoms with Gasteiger partial charge >= 0.3 is 0 Å². The third-order valence-corrected chi connectivity index (χ3v) is 5.10. The first-order chi connectivity index (χ1) is 14.7. The van der Waals surface area contributed by atoms with Crippen molar-refractivity contribution in [3.63, 3.8) is 0 Å². The van der Waals surface area contributed by atoms with Crippen LogP contribution in [0.5, 0.6) is 0 Å². The molecule has 0 radical (unpaired) electrons. The zero-order valence-electron chi connectivity index (χ0n) is 16.7. The van der Waals surface area contributed by atoms with Crippen molar-refractivity contribution in [2.75, 3.05) is 5.32 Å². The minimum Gasteiger partial charge on any atom is -0.459 e. The summed E-state index contributed by atoms with van der Waals surface area (Å²) in [6.07, 6.45) is 0. The summed E-state index contributed by atoms with van der Waals surface area (Å²) in [4.78, 5) is 13.3. The van der Waals surface area contributed by atoms with E-state index in [1.54, 1.807) is 6.07 Å². The van der Waals surface area contributed by atoms with Crippen LogP contribution >= 0.6 is 0 Å². The number of amides is 1. The molecule has 1 aromatic heterocycles. The van der Waals surface area contributed by atoms with Gasteiger partial charge in [-0.1, -0.05) is 60.7 Å². The van der Waals surface area contributed by atoms with Crippen LogP contribution in [0.25, 0.3) is 11.3 Å². The summed E-state index contributed by atoms with van der Waals surface area (Å²) in [5, 5.41) is 12.3. The summed E-state index contributed by atoms with van der Waals surface area (Å²) >= 11 is 0. The zero-order chi connectivity index (χ0) is 20.9. The van der Waals surface area contributed by atoms with Crippen molar-refractivity contribution >= 4 is 11.6 Å². The lowest BCUT2D eigenvalue weighted by atomic mass is 9.90. The van der Waals surface area contributed by atoms with Crippen molar-refractivity contribution in [2.24, 2.45) is 0 Å². The Labute approximate surface area is 175 Å². The first-order valence-corrected chi connectivity index (χ1v) is 9.87. The van der Waals surface area contributed by atoms with Crippen molar-refractivity contribution in [3.05, 3.63) is 113 Å². The summed E-state index contributed by atoms with van der Waals surface area (Å²) in [5.74, 6) is 0.737. The largest absolute Gasteiger partial charge is 0.459 e. The Morgan fingerprint density at radius 3 is 2.07 bits per heavy atom. The lowest BCUT2D eigenvalue weighted by Crippen LogP contribution is -2.22. The van der Waals surface area contributed by atoms with Gasteiger partial charge in [-0.25, -0.2) is 0 Å². The van der Waals surface area contributed by atoms with Gasteiger partial charge in [-0.3, -0.25) is 4.79 Å². The van der Waals surface area contributed by atoms with E-state index in [0.29, 0.717) is 11.5 Å². The molecule has 4 heteroatoms. The summed E-state index contributed by atoms with van der Waals surface area (Å²) in [7, 11) is 0. The lowest BCUT2D eigenvalue weighted by Gasteiger charge is -2.18. The average Bonchev–Trinajstić information content (AvgIpc) is 3.24. The fraction of sp³-hybridized carbons (Fsp3) is 0.115. The number of carbonyl (C=O) groups is 1. The van der Waals surface area contributed by atoms with E-state index >= 15 is 0 Å². The van der Waals surface area contributed by atoms with Crippen LogP contribution in [0.4, 0.5) is 5.69 Å². The summed E-state index contributed by atoms with van der Waals surface area (Å²) in [6.45, 7) is 1.84. The van der Waals surface area contributed by atoms with Crippen LogP contribution in [0.2, 0.25) is 0 Å². The highest BCUT2D eigenvalue weighted by molar-refractivity contribution is 5.98. The van der Waals surface area contributed by atoms with Crippen molar-refractivity contribution in [1.82, 2.24) is 0 Å². The topological polar surface area (TPSA) is 62.5 Å². The van der Waals surface area contributed by atoms with Gasteiger partial charge in [0, 0.05) is 11.3 Å². The SMILES string of the molecule is Cc1cc(NC(=O)C(c2ccccc2)c2ccccc2)ccc1-c1ccc(CO)o1. The normalized spacial score (nSPS) is 10.9. The van der Waals surface area contributed by atoms with Gasteiger partial charge in [-0.05, 0) is 53.9 Å². The Morgan fingerprint density at radius 1 is 0.900 bits per heavy atom. The molecule has 0 spiro atoms. The van der Waals surface area contributed by atoms with Gasteiger partial charge in [0.1, 0.15) is 18.1 Å². The maximum absolute atomic E-state index is 13.3. The highest BCUT2D eigenvalue weighted by atomic mass is 16.4. The number of hydrogen-bond acceptors (Lipinski definition) is 3. The molecule has 0 saturated heterocycles. The zero-order valence-corrected chi connectivity index (χ0v) is 16.7. The Bertz CT molecular complexity index is 1090. The molecular formula is C26H23NO3. The van der Waals surface area contributed by atoms with Gasteiger partial charge in [0.15, 0.2) is 0 Å². The lowest BCUT2D eigenvalue weighted by molar-refractivity contribution is -0.116. The Morgan fingerprint density at radius 2 is 1.53 bits per heavy atom. The van der Waals surface area contributed by atoms with Crippen molar-refractivity contribution in [2.45, 2.75) is 19.4 Å². The number of carbonyl (C=O) groups excluding carboxylic acids is 1. The number of anilines is 1. The Balaban J connectivity index is 1.60. The molecule has 4 nitrogen and oxygen atoms in total. The second-order valence-corrected chi connectivity index (χ2v) is 7.20. The molecule has 0 aliphatic carbocycles. The number of aliphatic hydroxyl groups excluding tert-OH is 1. The van der Waals surface area contributed by atoms with Crippen molar-refractivity contribution in [3.8, 4) is 11.3 Å². The van der Waals surface area contributed by atoms with Crippen LogP contribution in [-0.2, 0) is 11.4 Å². The molecule has 3 aromatic carbocycles. The summed E-state index contributed by atoms with van der Waals surface area (Å²) in [5.41, 5.74) is 4.52. The molecular weight excluding hydrogens is 374 g/mol. The maximum Gasteiger partial charge on any atom is 0.236 e. The highest BCUT2D eigenvalue weighted by Crippen LogP contribution is 2.30. The standard InChI is InChI=1S/C26H23NO3/c1-18-16-21(12-14-23(18)24-15-13-22(17-28)30-24)27-26(29)25(19-8-4-2-5-9-19)20-10-6-3-7-11-20/h2-16,25,28H,17H2,1H3,(H,27,29). The van der Waals surface area contributed by atoms with E-state index < -0.39 is 5.92 Å². The number of furan rings is 1. The second-order valence-electron chi connectivity index (χ2n) is 7.20. The fourth-order valence-corrected chi connectivity index (χ4v) is 3.63. The molecule has 1 heterocycles. The highest BCUT2D eigenvalue weighted by Gasteiger charge is 2.22. The number of aryl methyl sites for hydroxylation is 1. The maximum atomic E-state index is 13.3. The Kier molecular flexibility index (Phi) is 5.77. The van der Waals surface area contributed by atoms with Crippen LogP contribution in [0.1, 0.15) is 28.4 Å². The van der Waals surface area contributed by atoms with Crippen LogP contribution in [0, 0.1) is 6.92 Å². The first kappa shape index (κ1) is 19.7. The molecule has 30 heavy (non-hydrogen) atoms. The van der Waals surface area contributed by atoms with E-state index in [1.165, 1.54) is 0 Å². The number of rotatable bonds is 6. The quantitative estimate of drug-likeness (QED) is 0.450. The molecule has 4 rings (SSSR count). The monoisotopic (exact) mass is 397 g/mol. The molecule has 1 amide bonds. The van der Waals surface area contributed by atoms with Crippen molar-refractivity contribution < 1.29 is 14.3 Å². The van der Waals surface area contributed by atoms with Gasteiger partial charge in [0.2, 0.25) is 5.91 Å². The van der Waals surface area contributed by atoms with E-state index in [9.17, 15) is 9.90 Å². The van der Waals surface area contributed by atoms with Gasteiger partial charge in [0.05, 0.1) is 5.92 Å². The molecule has 4 aromatic rings. The average molecular weight is 397 g/mol. The summed E-state index contributed by atoms with van der Waals surface area (Å²) < 4.78 is 5.64. The number of aliphatic hydroxyl groups is 1. The predicted molar refractivity (Wildman–Crippen MR) is 118 cm³/mol. The molecule has 0 bridgehead atoms. The molecule has 0 aliphatic rings. The van der Waals surface area contributed by atoms with E-state index in [-0.39, 0.29) is 12.5 Å². The summed E-state index contributed by atoms with van der Waals surface area (Å²) in [6, 6.07) is 28.9. The van der Waals surface area contributed by atoms with Gasteiger partial charge < -0.3 is 14.8 Å². The molecule has 0 atom stereocenters. The van der Waals surface area contributed by atoms with Crippen LogP contribution in [0.3, 0.4) is 0 Å². The fourth-order valence-electron chi connectivity index (χ4n) is 3.63. The third-order valence-electron chi connectivity index (χ3n) is 5.10. The van der Waals surface area contributed by atoms with E-state index in [2.05, 4.69) is 5.32 Å². The molecule has 150 valence electrons. The van der Waals surface area contributed by atoms with E-state index in [0.717, 1.165) is 27.9 Å². The van der Waals surface area contributed by atoms with Gasteiger partial charge in [0.25, 0.3) is 0 Å². The van der Waals surface area contributed by atoms with E-state index in [4.69, 9.17) is 4.42 Å². The molecule has 2 N–H and O–H groups in total. The third kappa shape index (κ3) is 4.19. The van der Waals surface area contributed by atoms with Gasteiger partial charge in [-0.2, -0.15) is 0 Å². The molecule has 0 fully saturated rings. The van der Waals surface area contributed by atoms with E-state index in [1.807, 2.05) is 91.9 Å². The van der Waals surface area contributed by atoms with Crippen molar-refractivity contribution in [1.29, 1.82) is 0 Å². The smallest absolute Gasteiger partial charge is 0.236 e. The number of hydrogen-bond donors (Lipinski definition) is 2. The van der Waals surface area contributed by atoms with Gasteiger partial charge in [-0.15, -0.1) is 0 Å². The molecule has 0 saturated carbocycles. The van der Waals surface area contributed by atoms with Crippen LogP contribution in [-0.4, -0.2) is 11.0 Å².